The van der Waals surface area contributed by atoms with E-state index in [4.69, 9.17) is 9.47 Å². The fraction of sp³-hybridized carbons (Fsp3) is 0.826. The second kappa shape index (κ2) is 14.7. The molecule has 4 nitrogen and oxygen atoms in total. The van der Waals surface area contributed by atoms with Gasteiger partial charge >= 0.3 is 11.9 Å². The Morgan fingerprint density at radius 3 is 1.81 bits per heavy atom. The van der Waals surface area contributed by atoms with Gasteiger partial charge in [0.1, 0.15) is 0 Å². The molecule has 1 aliphatic carbocycles. The number of allylic oxidation sites excluding steroid dienone is 2. The van der Waals surface area contributed by atoms with Crippen molar-refractivity contribution >= 4 is 11.9 Å². The van der Waals surface area contributed by atoms with Crippen LogP contribution in [-0.4, -0.2) is 24.6 Å². The lowest BCUT2D eigenvalue weighted by Gasteiger charge is -2.26. The summed E-state index contributed by atoms with van der Waals surface area (Å²) in [6, 6.07) is 0. The lowest BCUT2D eigenvalue weighted by atomic mass is 9.83. The molecule has 0 spiro atoms. The van der Waals surface area contributed by atoms with Crippen LogP contribution in [0.4, 0.5) is 0 Å². The first-order chi connectivity index (χ1) is 13.1. The van der Waals surface area contributed by atoms with Crippen LogP contribution in [0.5, 0.6) is 0 Å². The van der Waals surface area contributed by atoms with Crippen LogP contribution in [0.2, 0.25) is 0 Å². The van der Waals surface area contributed by atoms with Crippen molar-refractivity contribution in [2.75, 3.05) is 6.61 Å². The van der Waals surface area contributed by atoms with Crippen molar-refractivity contribution in [3.63, 3.8) is 0 Å². The van der Waals surface area contributed by atoms with Gasteiger partial charge in [-0.25, -0.2) is 0 Å². The van der Waals surface area contributed by atoms with Crippen LogP contribution in [0.1, 0.15) is 97.8 Å². The summed E-state index contributed by atoms with van der Waals surface area (Å²) in [6.45, 7) is 6.36. The number of rotatable bonds is 14. The molecule has 1 rings (SSSR count). The van der Waals surface area contributed by atoms with E-state index < -0.39 is 11.8 Å². The van der Waals surface area contributed by atoms with Crippen LogP contribution in [0, 0.1) is 11.8 Å². The van der Waals surface area contributed by atoms with Crippen molar-refractivity contribution in [2.45, 2.75) is 104 Å². The lowest BCUT2D eigenvalue weighted by molar-refractivity contribution is -0.163. The number of hydrogen-bond acceptors (Lipinski definition) is 4. The van der Waals surface area contributed by atoms with Crippen molar-refractivity contribution in [3.05, 3.63) is 12.2 Å². The van der Waals surface area contributed by atoms with Gasteiger partial charge in [-0.05, 0) is 33.1 Å². The highest BCUT2D eigenvalue weighted by Gasteiger charge is 2.36. The largest absolute Gasteiger partial charge is 0.465 e. The molecule has 2 unspecified atom stereocenters. The van der Waals surface area contributed by atoms with E-state index in [0.717, 1.165) is 12.8 Å². The molecule has 0 aromatic heterocycles. The molecule has 0 aliphatic heterocycles. The fourth-order valence-corrected chi connectivity index (χ4v) is 3.52. The Bertz CT molecular complexity index is 442. The van der Waals surface area contributed by atoms with Crippen LogP contribution in [0.15, 0.2) is 12.2 Å². The quantitative estimate of drug-likeness (QED) is 0.211. The predicted molar refractivity (Wildman–Crippen MR) is 109 cm³/mol. The Labute approximate surface area is 166 Å². The molecule has 0 aromatic carbocycles. The summed E-state index contributed by atoms with van der Waals surface area (Å²) in [6.07, 6.45) is 17.4. The second-order valence-corrected chi connectivity index (χ2v) is 7.99. The minimum absolute atomic E-state index is 0.160. The first kappa shape index (κ1) is 23.7. The molecule has 2 atom stereocenters. The average molecular weight is 381 g/mol. The van der Waals surface area contributed by atoms with Gasteiger partial charge in [-0.15, -0.1) is 0 Å². The van der Waals surface area contributed by atoms with E-state index in [-0.39, 0.29) is 18.0 Å². The molecule has 0 radical (unpaired) electrons. The third kappa shape index (κ3) is 10.6. The summed E-state index contributed by atoms with van der Waals surface area (Å²) in [5.41, 5.74) is 0. The molecule has 156 valence electrons. The summed E-state index contributed by atoms with van der Waals surface area (Å²) in [7, 11) is 0. The zero-order valence-electron chi connectivity index (χ0n) is 17.7. The van der Waals surface area contributed by atoms with Gasteiger partial charge in [0.25, 0.3) is 0 Å². The molecular formula is C23H40O4. The summed E-state index contributed by atoms with van der Waals surface area (Å²) in [5.74, 6) is -1.34. The Kier molecular flexibility index (Phi) is 12.9. The number of hydrogen-bond donors (Lipinski definition) is 0. The highest BCUT2D eigenvalue weighted by atomic mass is 16.5. The molecule has 27 heavy (non-hydrogen) atoms. The van der Waals surface area contributed by atoms with Crippen molar-refractivity contribution in [3.8, 4) is 0 Å². The first-order valence-electron chi connectivity index (χ1n) is 11.1. The van der Waals surface area contributed by atoms with E-state index >= 15 is 0 Å². The van der Waals surface area contributed by atoms with E-state index in [1.54, 1.807) is 0 Å². The predicted octanol–water partition coefficient (Wildman–Crippen LogP) is 5.98. The molecule has 0 bridgehead atoms. The average Bonchev–Trinajstić information content (AvgIpc) is 2.65. The van der Waals surface area contributed by atoms with Gasteiger partial charge in [-0.3, -0.25) is 9.59 Å². The van der Waals surface area contributed by atoms with Gasteiger partial charge in [0.15, 0.2) is 0 Å². The highest BCUT2D eigenvalue weighted by molar-refractivity contribution is 5.82. The molecular weight excluding hydrogens is 340 g/mol. The van der Waals surface area contributed by atoms with Gasteiger partial charge in [0.2, 0.25) is 0 Å². The van der Waals surface area contributed by atoms with Crippen LogP contribution in [0.3, 0.4) is 0 Å². The van der Waals surface area contributed by atoms with Gasteiger partial charge in [0, 0.05) is 0 Å². The van der Waals surface area contributed by atoms with Gasteiger partial charge < -0.3 is 9.47 Å². The maximum atomic E-state index is 12.4. The highest BCUT2D eigenvalue weighted by Crippen LogP contribution is 2.28. The van der Waals surface area contributed by atoms with E-state index in [0.29, 0.717) is 19.4 Å². The molecule has 0 N–H and O–H groups in total. The molecule has 0 saturated carbocycles. The molecule has 0 fully saturated rings. The molecule has 0 aromatic rings. The number of carbonyl (C=O) groups excluding carboxylic acids is 2. The van der Waals surface area contributed by atoms with Gasteiger partial charge in [-0.2, -0.15) is 0 Å². The van der Waals surface area contributed by atoms with Crippen molar-refractivity contribution in [2.24, 2.45) is 11.8 Å². The maximum Gasteiger partial charge on any atom is 0.310 e. The Morgan fingerprint density at radius 2 is 1.30 bits per heavy atom. The van der Waals surface area contributed by atoms with Crippen LogP contribution in [-0.2, 0) is 19.1 Å². The molecule has 4 heteroatoms. The van der Waals surface area contributed by atoms with Gasteiger partial charge in [-0.1, -0.05) is 76.9 Å². The minimum atomic E-state index is -0.405. The van der Waals surface area contributed by atoms with Crippen molar-refractivity contribution in [1.82, 2.24) is 0 Å². The third-order valence-electron chi connectivity index (χ3n) is 5.13. The molecule has 0 amide bonds. The normalized spacial score (nSPS) is 19.3. The third-order valence-corrected chi connectivity index (χ3v) is 5.13. The molecule has 1 aliphatic rings. The number of ether oxygens (including phenoxy) is 2. The first-order valence-corrected chi connectivity index (χ1v) is 11.1. The van der Waals surface area contributed by atoms with E-state index in [2.05, 4.69) is 6.92 Å². The Balaban J connectivity index is 2.14. The van der Waals surface area contributed by atoms with Crippen molar-refractivity contribution in [1.29, 1.82) is 0 Å². The zero-order chi connectivity index (χ0) is 19.9. The van der Waals surface area contributed by atoms with Gasteiger partial charge in [0.05, 0.1) is 24.5 Å². The number of esters is 2. The summed E-state index contributed by atoms with van der Waals surface area (Å²) < 4.78 is 10.8. The van der Waals surface area contributed by atoms with E-state index in [1.807, 2.05) is 26.0 Å². The Morgan fingerprint density at radius 1 is 0.815 bits per heavy atom. The van der Waals surface area contributed by atoms with Crippen LogP contribution < -0.4 is 0 Å². The monoisotopic (exact) mass is 380 g/mol. The van der Waals surface area contributed by atoms with Crippen LogP contribution in [0.25, 0.3) is 0 Å². The maximum absolute atomic E-state index is 12.4. The standard InChI is InChI=1S/C23H40O4/c1-4-5-6-7-8-9-10-11-12-15-18-26-22(24)20-16-13-14-17-21(20)23(25)27-19(2)3/h13-14,19-21H,4-12,15-18H2,1-3H3. The summed E-state index contributed by atoms with van der Waals surface area (Å²) in [5, 5.41) is 0. The molecule has 0 heterocycles. The Hall–Kier alpha value is -1.32. The van der Waals surface area contributed by atoms with E-state index in [1.165, 1.54) is 51.4 Å². The molecule has 0 saturated heterocycles. The minimum Gasteiger partial charge on any atom is -0.465 e. The van der Waals surface area contributed by atoms with Crippen molar-refractivity contribution < 1.29 is 19.1 Å². The number of unbranched alkanes of at least 4 members (excludes halogenated alkanes) is 9. The fourth-order valence-electron chi connectivity index (χ4n) is 3.52. The lowest BCUT2D eigenvalue weighted by Crippen LogP contribution is -2.34. The summed E-state index contributed by atoms with van der Waals surface area (Å²) in [4.78, 5) is 24.6. The smallest absolute Gasteiger partial charge is 0.310 e. The van der Waals surface area contributed by atoms with Crippen LogP contribution >= 0.6 is 0 Å². The topological polar surface area (TPSA) is 52.6 Å². The summed E-state index contributed by atoms with van der Waals surface area (Å²) >= 11 is 0. The SMILES string of the molecule is CCCCCCCCCCCCOC(=O)C1CC=CCC1C(=O)OC(C)C. The van der Waals surface area contributed by atoms with E-state index in [9.17, 15) is 9.59 Å². The zero-order valence-corrected chi connectivity index (χ0v) is 17.7. The number of carbonyl (C=O) groups is 2. The second-order valence-electron chi connectivity index (χ2n) is 7.99.